The van der Waals surface area contributed by atoms with Crippen molar-refractivity contribution < 1.29 is 0 Å². The van der Waals surface area contributed by atoms with E-state index in [4.69, 9.17) is 23.1 Å². The Morgan fingerprint density at radius 2 is 1.85 bits per heavy atom. The van der Waals surface area contributed by atoms with Crippen LogP contribution in [0.5, 0.6) is 0 Å². The summed E-state index contributed by atoms with van der Waals surface area (Å²) in [6.07, 6.45) is 0. The second kappa shape index (κ2) is 4.09. The zero-order valence-electron chi connectivity index (χ0n) is 8.02. The average Bonchev–Trinajstić information content (AvgIpc) is 2.13. The summed E-state index contributed by atoms with van der Waals surface area (Å²) >= 11 is 6.15. The molecular formula is C10H15ClN2. The van der Waals surface area contributed by atoms with Crippen molar-refractivity contribution in [3.8, 4) is 0 Å². The number of rotatable bonds is 2. The summed E-state index contributed by atoms with van der Waals surface area (Å²) in [6, 6.07) is 2.06. The highest BCUT2D eigenvalue weighted by atomic mass is 35.5. The first-order valence-electron chi connectivity index (χ1n) is 4.29. The van der Waals surface area contributed by atoms with E-state index in [1.807, 2.05) is 13.8 Å². The molecule has 0 fully saturated rings. The van der Waals surface area contributed by atoms with Crippen molar-refractivity contribution in [3.05, 3.63) is 33.3 Å². The van der Waals surface area contributed by atoms with Gasteiger partial charge in [-0.2, -0.15) is 0 Å². The Morgan fingerprint density at radius 3 is 2.31 bits per heavy atom. The number of hydrogen-bond donors (Lipinski definition) is 2. The number of nitrogens with two attached hydrogens (primary N) is 2. The van der Waals surface area contributed by atoms with Gasteiger partial charge < -0.3 is 11.5 Å². The van der Waals surface area contributed by atoms with Crippen LogP contribution in [0.3, 0.4) is 0 Å². The predicted octanol–water partition coefficient (Wildman–Crippen LogP) is 1.87. The van der Waals surface area contributed by atoms with Crippen molar-refractivity contribution in [2.45, 2.75) is 26.9 Å². The van der Waals surface area contributed by atoms with Crippen LogP contribution in [-0.4, -0.2) is 0 Å². The fraction of sp³-hybridized carbons (Fsp3) is 0.400. The minimum absolute atomic E-state index is 0.451. The van der Waals surface area contributed by atoms with Gasteiger partial charge in [-0.05, 0) is 36.1 Å². The van der Waals surface area contributed by atoms with E-state index in [0.29, 0.717) is 13.1 Å². The summed E-state index contributed by atoms with van der Waals surface area (Å²) in [5, 5.41) is 0.767. The average molecular weight is 199 g/mol. The Labute approximate surface area is 83.9 Å². The molecule has 0 aliphatic rings. The van der Waals surface area contributed by atoms with Gasteiger partial charge in [-0.15, -0.1) is 0 Å². The van der Waals surface area contributed by atoms with Crippen molar-refractivity contribution in [1.82, 2.24) is 0 Å². The fourth-order valence-electron chi connectivity index (χ4n) is 1.40. The van der Waals surface area contributed by atoms with Crippen LogP contribution < -0.4 is 11.5 Å². The molecule has 2 nitrogen and oxygen atoms in total. The van der Waals surface area contributed by atoms with E-state index >= 15 is 0 Å². The van der Waals surface area contributed by atoms with Gasteiger partial charge in [0, 0.05) is 18.1 Å². The smallest absolute Gasteiger partial charge is 0.0485 e. The molecule has 0 saturated heterocycles. The van der Waals surface area contributed by atoms with Gasteiger partial charge in [-0.3, -0.25) is 0 Å². The van der Waals surface area contributed by atoms with Gasteiger partial charge in [0.2, 0.25) is 0 Å². The molecule has 0 unspecified atom stereocenters. The summed E-state index contributed by atoms with van der Waals surface area (Å²) in [6.45, 7) is 4.97. The molecule has 0 spiro atoms. The normalized spacial score (nSPS) is 10.5. The molecule has 0 atom stereocenters. The van der Waals surface area contributed by atoms with Crippen molar-refractivity contribution in [2.75, 3.05) is 0 Å². The molecule has 0 amide bonds. The van der Waals surface area contributed by atoms with E-state index in [-0.39, 0.29) is 0 Å². The van der Waals surface area contributed by atoms with E-state index in [1.165, 1.54) is 5.56 Å². The van der Waals surface area contributed by atoms with Gasteiger partial charge in [-0.25, -0.2) is 0 Å². The van der Waals surface area contributed by atoms with Crippen molar-refractivity contribution in [1.29, 1.82) is 0 Å². The van der Waals surface area contributed by atoms with E-state index in [1.54, 1.807) is 0 Å². The van der Waals surface area contributed by atoms with Crippen LogP contribution in [0, 0.1) is 13.8 Å². The summed E-state index contributed by atoms with van der Waals surface area (Å²) in [5.74, 6) is 0. The molecule has 0 aliphatic heterocycles. The lowest BCUT2D eigenvalue weighted by atomic mass is 10.00. The number of halogens is 1. The SMILES string of the molecule is Cc1cc(CN)c(CN)c(Cl)c1C. The van der Waals surface area contributed by atoms with E-state index in [2.05, 4.69) is 6.07 Å². The Balaban J connectivity index is 3.39. The number of hydrogen-bond acceptors (Lipinski definition) is 2. The van der Waals surface area contributed by atoms with Crippen LogP contribution in [0.15, 0.2) is 6.07 Å². The van der Waals surface area contributed by atoms with Crippen LogP contribution in [0.2, 0.25) is 5.02 Å². The molecule has 0 radical (unpaired) electrons. The highest BCUT2D eigenvalue weighted by molar-refractivity contribution is 6.32. The summed E-state index contributed by atoms with van der Waals surface area (Å²) in [4.78, 5) is 0. The van der Waals surface area contributed by atoms with Crippen LogP contribution in [0.1, 0.15) is 22.3 Å². The lowest BCUT2D eigenvalue weighted by molar-refractivity contribution is 0.970. The lowest BCUT2D eigenvalue weighted by Crippen LogP contribution is -2.08. The molecular weight excluding hydrogens is 184 g/mol. The fourth-order valence-corrected chi connectivity index (χ4v) is 1.75. The Morgan fingerprint density at radius 1 is 1.23 bits per heavy atom. The predicted molar refractivity (Wildman–Crippen MR) is 56.7 cm³/mol. The van der Waals surface area contributed by atoms with Crippen LogP contribution in [0.4, 0.5) is 0 Å². The Bertz CT molecular complexity index is 321. The first-order chi connectivity index (χ1) is 6.11. The molecule has 1 rings (SSSR count). The van der Waals surface area contributed by atoms with Crippen LogP contribution in [0.25, 0.3) is 0 Å². The largest absolute Gasteiger partial charge is 0.326 e. The Kier molecular flexibility index (Phi) is 3.31. The molecule has 4 N–H and O–H groups in total. The van der Waals surface area contributed by atoms with Crippen molar-refractivity contribution >= 4 is 11.6 Å². The third-order valence-electron chi connectivity index (χ3n) is 2.39. The summed E-state index contributed by atoms with van der Waals surface area (Å²) < 4.78 is 0. The topological polar surface area (TPSA) is 52.0 Å². The second-order valence-corrected chi connectivity index (χ2v) is 3.56. The second-order valence-electron chi connectivity index (χ2n) is 3.18. The van der Waals surface area contributed by atoms with E-state index in [9.17, 15) is 0 Å². The molecule has 3 heteroatoms. The monoisotopic (exact) mass is 198 g/mol. The van der Waals surface area contributed by atoms with Gasteiger partial charge in [0.25, 0.3) is 0 Å². The third kappa shape index (κ3) is 1.85. The minimum atomic E-state index is 0.451. The Hall–Kier alpha value is -0.570. The number of benzene rings is 1. The van der Waals surface area contributed by atoms with Gasteiger partial charge in [0.15, 0.2) is 0 Å². The van der Waals surface area contributed by atoms with Gasteiger partial charge in [0.05, 0.1) is 0 Å². The molecule has 72 valence electrons. The van der Waals surface area contributed by atoms with Gasteiger partial charge in [0.1, 0.15) is 0 Å². The number of aryl methyl sites for hydroxylation is 1. The minimum Gasteiger partial charge on any atom is -0.326 e. The maximum atomic E-state index is 6.15. The lowest BCUT2D eigenvalue weighted by Gasteiger charge is -2.12. The van der Waals surface area contributed by atoms with Gasteiger partial charge >= 0.3 is 0 Å². The molecule has 1 aromatic rings. The molecule has 1 aromatic carbocycles. The van der Waals surface area contributed by atoms with Crippen LogP contribution in [-0.2, 0) is 13.1 Å². The van der Waals surface area contributed by atoms with Crippen LogP contribution >= 0.6 is 11.6 Å². The molecule has 0 heterocycles. The summed E-state index contributed by atoms with van der Waals surface area (Å²) in [5.41, 5.74) is 15.5. The maximum Gasteiger partial charge on any atom is 0.0485 e. The first-order valence-corrected chi connectivity index (χ1v) is 4.67. The molecule has 0 bridgehead atoms. The first kappa shape index (κ1) is 10.5. The molecule has 0 aromatic heterocycles. The zero-order valence-corrected chi connectivity index (χ0v) is 8.78. The van der Waals surface area contributed by atoms with Gasteiger partial charge in [-0.1, -0.05) is 17.7 Å². The highest BCUT2D eigenvalue weighted by Gasteiger charge is 2.09. The summed E-state index contributed by atoms with van der Waals surface area (Å²) in [7, 11) is 0. The zero-order chi connectivity index (χ0) is 10.0. The quantitative estimate of drug-likeness (QED) is 0.763. The van der Waals surface area contributed by atoms with E-state index in [0.717, 1.165) is 21.7 Å². The molecule has 13 heavy (non-hydrogen) atoms. The molecule has 0 saturated carbocycles. The van der Waals surface area contributed by atoms with E-state index < -0.39 is 0 Å². The molecule has 0 aliphatic carbocycles. The standard InChI is InChI=1S/C10H15ClN2/c1-6-3-8(4-12)9(5-13)10(11)7(6)2/h3H,4-5,12-13H2,1-2H3. The van der Waals surface area contributed by atoms with Crippen molar-refractivity contribution in [2.24, 2.45) is 11.5 Å². The maximum absolute atomic E-state index is 6.15. The highest BCUT2D eigenvalue weighted by Crippen LogP contribution is 2.26. The third-order valence-corrected chi connectivity index (χ3v) is 2.90. The van der Waals surface area contributed by atoms with Crippen molar-refractivity contribution in [3.63, 3.8) is 0 Å².